The molecular weight excluding hydrogens is 276 g/mol. The van der Waals surface area contributed by atoms with Gasteiger partial charge in [-0.3, -0.25) is 9.59 Å². The van der Waals surface area contributed by atoms with E-state index in [-0.39, 0.29) is 54.1 Å². The number of nitrogens with one attached hydrogen (secondary N) is 2. The number of rotatable bonds is 5. The van der Waals surface area contributed by atoms with Crippen molar-refractivity contribution in [1.82, 2.24) is 10.6 Å². The Morgan fingerprint density at radius 1 is 1.05 bits per heavy atom. The second-order valence-electron chi connectivity index (χ2n) is 5.43. The third-order valence-electron chi connectivity index (χ3n) is 3.61. The number of hydrogen-bond acceptors (Lipinski definition) is 2. The van der Waals surface area contributed by atoms with E-state index in [1.165, 1.54) is 0 Å². The van der Waals surface area contributed by atoms with E-state index in [1.807, 2.05) is 0 Å². The van der Waals surface area contributed by atoms with Crippen molar-refractivity contribution in [1.29, 1.82) is 0 Å². The number of carbonyl (C=O) groups is 2. The Morgan fingerprint density at radius 3 is 1.68 bits per heavy atom. The van der Waals surface area contributed by atoms with Crippen molar-refractivity contribution in [3.8, 4) is 0 Å². The molecule has 0 bridgehead atoms. The summed E-state index contributed by atoms with van der Waals surface area (Å²) >= 11 is 0. The van der Waals surface area contributed by atoms with Crippen molar-refractivity contribution < 1.29 is 31.3 Å². The first-order valence-corrected chi connectivity index (χ1v) is 5.93. The Labute approximate surface area is 133 Å². The average molecular weight is 304 g/mol. The molecule has 0 aliphatic heterocycles. The third kappa shape index (κ3) is 6.57. The Morgan fingerprint density at radius 2 is 1.42 bits per heavy atom. The summed E-state index contributed by atoms with van der Waals surface area (Å²) in [6.45, 7) is 6.46. The van der Waals surface area contributed by atoms with Crippen molar-refractivity contribution >= 4 is 12.8 Å². The molecule has 2 N–H and O–H groups in total. The van der Waals surface area contributed by atoms with Gasteiger partial charge in [0.2, 0.25) is 12.8 Å². The predicted octanol–water partition coefficient (Wildman–Crippen LogP) is 1.96. The van der Waals surface area contributed by atoms with E-state index in [0.717, 1.165) is 32.1 Å². The maximum atomic E-state index is 10.6. The number of amides is 2. The molecule has 5 heteroatoms. The first-order chi connectivity index (χ1) is 7.54. The molecule has 110 valence electrons. The molecule has 4 nitrogen and oxygen atoms in total. The van der Waals surface area contributed by atoms with Gasteiger partial charge in [-0.15, -0.1) is 0 Å². The first kappa shape index (κ1) is 23.7. The maximum Gasteiger partial charge on any atom is 2.00 e. The molecule has 19 heavy (non-hydrogen) atoms. The second kappa shape index (κ2) is 10.4. The van der Waals surface area contributed by atoms with Crippen LogP contribution in [0.2, 0.25) is 0 Å². The molecule has 1 saturated carbocycles. The molecule has 2 amide bonds. The minimum absolute atomic E-state index is 0. The monoisotopic (exact) mass is 304 g/mol. The van der Waals surface area contributed by atoms with E-state index in [0.29, 0.717) is 5.92 Å². The Bertz CT molecular complexity index is 238. The third-order valence-corrected chi connectivity index (χ3v) is 3.61. The fourth-order valence-electron chi connectivity index (χ4n) is 2.97. The first-order valence-electron chi connectivity index (χ1n) is 5.93. The second-order valence-corrected chi connectivity index (χ2v) is 5.43. The summed E-state index contributed by atoms with van der Waals surface area (Å²) in [4.78, 5) is 21.2. The molecule has 0 heterocycles. The molecule has 1 aliphatic carbocycles. The fourth-order valence-corrected chi connectivity index (χ4v) is 2.97. The summed E-state index contributed by atoms with van der Waals surface area (Å²) in [5.74, 6) is 0.337. The van der Waals surface area contributed by atoms with Gasteiger partial charge in [0.05, 0.1) is 0 Å². The van der Waals surface area contributed by atoms with Gasteiger partial charge in [0, 0.05) is 12.1 Å². The summed E-state index contributed by atoms with van der Waals surface area (Å²) in [6, 6.07) is 0.340. The predicted molar refractivity (Wildman–Crippen MR) is 75.6 cm³/mol. The van der Waals surface area contributed by atoms with Crippen LogP contribution < -0.4 is 10.6 Å². The Kier molecular flexibility index (Phi) is 13.0. The zero-order valence-corrected chi connectivity index (χ0v) is 14.4. The molecule has 0 spiro atoms. The molecular formula is C14H28N2O2Ti. The van der Waals surface area contributed by atoms with E-state index in [1.54, 1.807) is 0 Å². The van der Waals surface area contributed by atoms with Crippen LogP contribution in [0, 0.1) is 26.2 Å². The minimum atomic E-state index is 0. The van der Waals surface area contributed by atoms with Gasteiger partial charge in [0.1, 0.15) is 0 Å². The van der Waals surface area contributed by atoms with Crippen LogP contribution >= 0.6 is 0 Å². The minimum Gasteiger partial charge on any atom is -0.358 e. The summed E-state index contributed by atoms with van der Waals surface area (Å²) in [5, 5.41) is 5.79. The molecule has 0 aromatic rings. The fraction of sp³-hybridized carbons (Fsp3) is 0.714. The van der Waals surface area contributed by atoms with E-state index in [4.69, 9.17) is 0 Å². The van der Waals surface area contributed by atoms with Gasteiger partial charge < -0.3 is 25.5 Å². The van der Waals surface area contributed by atoms with E-state index < -0.39 is 0 Å². The van der Waals surface area contributed by atoms with Crippen molar-refractivity contribution in [2.45, 2.75) is 52.1 Å². The summed E-state index contributed by atoms with van der Waals surface area (Å²) in [6.07, 6.45) is 4.45. The smallest absolute Gasteiger partial charge is 0.358 e. The Hall–Kier alpha value is -0.346. The average Bonchev–Trinajstić information content (AvgIpc) is 2.17. The van der Waals surface area contributed by atoms with E-state index in [9.17, 15) is 9.59 Å². The summed E-state index contributed by atoms with van der Waals surface area (Å²) in [7, 11) is 0. The molecule has 1 aliphatic rings. The number of carbonyl (C=O) groups excluding carboxylic acids is 2. The van der Waals surface area contributed by atoms with Crippen LogP contribution in [0.15, 0.2) is 0 Å². The zero-order valence-electron chi connectivity index (χ0n) is 12.8. The van der Waals surface area contributed by atoms with Crippen molar-refractivity contribution in [3.05, 3.63) is 14.9 Å². The van der Waals surface area contributed by atoms with Gasteiger partial charge in [-0.1, -0.05) is 20.8 Å². The molecule has 0 radical (unpaired) electrons. The van der Waals surface area contributed by atoms with Crippen LogP contribution in [-0.4, -0.2) is 24.9 Å². The largest absolute Gasteiger partial charge is 2.00 e. The maximum absolute atomic E-state index is 10.6. The molecule has 0 aromatic carbocycles. The molecule has 0 aromatic heterocycles. The normalized spacial score (nSPS) is 27.6. The van der Waals surface area contributed by atoms with Crippen LogP contribution in [-0.2, 0) is 31.3 Å². The zero-order chi connectivity index (χ0) is 12.2. The van der Waals surface area contributed by atoms with Crippen LogP contribution in [0.25, 0.3) is 0 Å². The van der Waals surface area contributed by atoms with Crippen LogP contribution in [0.3, 0.4) is 0 Å². The molecule has 1 fully saturated rings. The molecule has 0 saturated heterocycles. The molecule has 2 atom stereocenters. The van der Waals surface area contributed by atoms with Gasteiger partial charge in [0.25, 0.3) is 0 Å². The summed E-state index contributed by atoms with van der Waals surface area (Å²) < 4.78 is 0. The summed E-state index contributed by atoms with van der Waals surface area (Å²) in [5.41, 5.74) is 0.160. The topological polar surface area (TPSA) is 58.2 Å². The van der Waals surface area contributed by atoms with Gasteiger partial charge in [-0.25, -0.2) is 0 Å². The van der Waals surface area contributed by atoms with Crippen LogP contribution in [0.1, 0.15) is 40.0 Å². The van der Waals surface area contributed by atoms with E-state index in [2.05, 4.69) is 31.4 Å². The molecule has 2 unspecified atom stereocenters. The van der Waals surface area contributed by atoms with Crippen LogP contribution in [0.4, 0.5) is 0 Å². The van der Waals surface area contributed by atoms with Crippen LogP contribution in [0.5, 0.6) is 0 Å². The van der Waals surface area contributed by atoms with Crippen molar-refractivity contribution in [3.63, 3.8) is 0 Å². The van der Waals surface area contributed by atoms with Crippen molar-refractivity contribution in [2.75, 3.05) is 0 Å². The van der Waals surface area contributed by atoms with Gasteiger partial charge in [-0.2, -0.15) is 0 Å². The van der Waals surface area contributed by atoms with Crippen molar-refractivity contribution in [2.24, 2.45) is 11.3 Å². The van der Waals surface area contributed by atoms with Gasteiger partial charge >= 0.3 is 21.7 Å². The SMILES string of the molecule is CCC1C(NC=O)CC(C)(C)CC1NC=O.[CH3-].[CH3-].[Ti+2]. The Balaban J connectivity index is -0.000000853. The number of hydrogen-bond donors (Lipinski definition) is 2. The van der Waals surface area contributed by atoms with Gasteiger partial charge in [-0.05, 0) is 30.6 Å². The molecule has 1 rings (SSSR count). The standard InChI is InChI=1S/C12H22N2O2.2CH3.Ti/c1-4-9-10(13-7-15)5-12(2,3)6-11(9)14-8-16;;;/h7-11H,4-6H2,1-3H3,(H,13,15)(H,14,16);2*1H3;/q;2*-1;+2. The van der Waals surface area contributed by atoms with E-state index >= 15 is 0 Å². The quantitative estimate of drug-likeness (QED) is 0.463. The van der Waals surface area contributed by atoms with Gasteiger partial charge in [0.15, 0.2) is 0 Å².